The van der Waals surface area contributed by atoms with Crippen molar-refractivity contribution in [1.29, 1.82) is 0 Å². The van der Waals surface area contributed by atoms with Gasteiger partial charge in [-0.3, -0.25) is 14.3 Å². The fourth-order valence-electron chi connectivity index (χ4n) is 5.41. The van der Waals surface area contributed by atoms with Gasteiger partial charge >= 0.3 is 6.18 Å². The summed E-state index contributed by atoms with van der Waals surface area (Å²) in [5, 5.41) is 0. The Bertz CT molecular complexity index is 1510. The van der Waals surface area contributed by atoms with Crippen molar-refractivity contribution < 1.29 is 17.6 Å². The molecule has 0 aliphatic heterocycles. The summed E-state index contributed by atoms with van der Waals surface area (Å²) in [5.74, 6) is -0.289. The van der Waals surface area contributed by atoms with E-state index in [0.29, 0.717) is 41.4 Å². The van der Waals surface area contributed by atoms with Crippen LogP contribution in [-0.2, 0) is 12.7 Å². The van der Waals surface area contributed by atoms with Crippen molar-refractivity contribution in [1.82, 2.24) is 19.5 Å². The number of pyridine rings is 2. The van der Waals surface area contributed by atoms with Crippen LogP contribution in [0.4, 0.5) is 17.6 Å². The number of halogens is 5. The zero-order chi connectivity index (χ0) is 26.3. The summed E-state index contributed by atoms with van der Waals surface area (Å²) in [7, 11) is 0. The summed E-state index contributed by atoms with van der Waals surface area (Å²) in [4.78, 5) is 26.4. The molecule has 10 heteroatoms. The molecule has 0 N–H and O–H groups in total. The van der Waals surface area contributed by atoms with Crippen LogP contribution in [0.1, 0.15) is 65.5 Å². The van der Waals surface area contributed by atoms with Gasteiger partial charge in [-0.05, 0) is 95.8 Å². The second kappa shape index (κ2) is 9.96. The Balaban J connectivity index is 1.53. The van der Waals surface area contributed by atoms with Gasteiger partial charge in [-0.1, -0.05) is 12.1 Å². The monoisotopic (exact) mass is 574 g/mol. The van der Waals surface area contributed by atoms with Crippen LogP contribution in [0.5, 0.6) is 0 Å². The third kappa shape index (κ3) is 5.03. The van der Waals surface area contributed by atoms with Gasteiger partial charge in [0.15, 0.2) is 5.65 Å². The van der Waals surface area contributed by atoms with Crippen molar-refractivity contribution in [3.63, 3.8) is 0 Å². The van der Waals surface area contributed by atoms with Crippen LogP contribution >= 0.6 is 15.9 Å². The first-order valence-electron chi connectivity index (χ1n) is 12.0. The average molecular weight is 575 g/mol. The topological polar surface area (TPSA) is 60.7 Å². The minimum absolute atomic E-state index is 0.0527. The molecular formula is C27H23BrF4N4O. The van der Waals surface area contributed by atoms with Crippen LogP contribution in [0.25, 0.3) is 11.2 Å². The van der Waals surface area contributed by atoms with Gasteiger partial charge in [-0.25, -0.2) is 14.4 Å². The molecule has 0 saturated heterocycles. The fourth-order valence-corrected chi connectivity index (χ4v) is 5.70. The van der Waals surface area contributed by atoms with Gasteiger partial charge in [0.1, 0.15) is 15.9 Å². The molecule has 3 heterocycles. The molecule has 1 aromatic carbocycles. The van der Waals surface area contributed by atoms with Crippen LogP contribution < -0.4 is 5.56 Å². The molecule has 37 heavy (non-hydrogen) atoms. The maximum Gasteiger partial charge on any atom is 0.418 e. The highest BCUT2D eigenvalue weighted by Gasteiger charge is 2.34. The Morgan fingerprint density at radius 2 is 1.78 bits per heavy atom. The molecule has 192 valence electrons. The molecular weight excluding hydrogens is 552 g/mol. The summed E-state index contributed by atoms with van der Waals surface area (Å²) in [6.45, 7) is 1.51. The summed E-state index contributed by atoms with van der Waals surface area (Å²) in [6.07, 6.45) is 0.770. The molecule has 4 aromatic rings. The van der Waals surface area contributed by atoms with E-state index in [1.54, 1.807) is 12.1 Å². The number of benzene rings is 1. The molecule has 5 nitrogen and oxygen atoms in total. The molecule has 0 unspecified atom stereocenters. The fraction of sp³-hybridized carbons (Fsp3) is 0.333. The summed E-state index contributed by atoms with van der Waals surface area (Å²) < 4.78 is 57.1. The molecule has 5 rings (SSSR count). The Morgan fingerprint density at radius 1 is 1.05 bits per heavy atom. The van der Waals surface area contributed by atoms with Gasteiger partial charge in [0.05, 0.1) is 24.0 Å². The molecule has 0 amide bonds. The Morgan fingerprint density at radius 3 is 2.49 bits per heavy atom. The largest absolute Gasteiger partial charge is 0.418 e. The van der Waals surface area contributed by atoms with Crippen molar-refractivity contribution >= 4 is 27.1 Å². The zero-order valence-corrected chi connectivity index (χ0v) is 21.5. The third-order valence-corrected chi connectivity index (χ3v) is 7.52. The summed E-state index contributed by atoms with van der Waals surface area (Å²) >= 11 is 3.29. The lowest BCUT2D eigenvalue weighted by atomic mass is 9.75. The number of hydrogen-bond acceptors (Lipinski definition) is 4. The van der Waals surface area contributed by atoms with Crippen molar-refractivity contribution in [2.24, 2.45) is 0 Å². The third-order valence-electron chi connectivity index (χ3n) is 7.14. The predicted molar refractivity (Wildman–Crippen MR) is 135 cm³/mol. The summed E-state index contributed by atoms with van der Waals surface area (Å²) in [6, 6.07) is 8.93. The lowest BCUT2D eigenvalue weighted by Gasteiger charge is -2.30. The van der Waals surface area contributed by atoms with Crippen LogP contribution in [-0.4, -0.2) is 19.5 Å². The van der Waals surface area contributed by atoms with Crippen molar-refractivity contribution in [2.45, 2.75) is 57.2 Å². The van der Waals surface area contributed by atoms with E-state index in [0.717, 1.165) is 17.2 Å². The van der Waals surface area contributed by atoms with Gasteiger partial charge in [0.25, 0.3) is 5.56 Å². The quantitative estimate of drug-likeness (QED) is 0.249. The number of nitrogens with zero attached hydrogens (tertiary/aromatic N) is 4. The van der Waals surface area contributed by atoms with E-state index in [2.05, 4.69) is 30.9 Å². The Kier molecular flexibility index (Phi) is 6.87. The number of aromatic nitrogens is 4. The number of hydrogen-bond donors (Lipinski definition) is 0. The molecule has 0 bridgehead atoms. The van der Waals surface area contributed by atoms with E-state index in [1.807, 2.05) is 13.0 Å². The first-order valence-corrected chi connectivity index (χ1v) is 12.7. The van der Waals surface area contributed by atoms with E-state index < -0.39 is 17.3 Å². The summed E-state index contributed by atoms with van der Waals surface area (Å²) in [5.41, 5.74) is 1.13. The molecule has 1 fully saturated rings. The first-order chi connectivity index (χ1) is 17.6. The number of rotatable bonds is 4. The normalized spacial score (nSPS) is 18.3. The second-order valence-corrected chi connectivity index (χ2v) is 10.2. The maximum absolute atomic E-state index is 14.5. The van der Waals surface area contributed by atoms with Gasteiger partial charge in [-0.15, -0.1) is 0 Å². The molecule has 1 aliphatic carbocycles. The van der Waals surface area contributed by atoms with Crippen molar-refractivity contribution in [3.8, 4) is 0 Å². The van der Waals surface area contributed by atoms with E-state index in [1.165, 1.54) is 29.1 Å². The first kappa shape index (κ1) is 25.5. The lowest BCUT2D eigenvalue weighted by molar-refractivity contribution is -0.138. The van der Waals surface area contributed by atoms with Gasteiger partial charge < -0.3 is 0 Å². The van der Waals surface area contributed by atoms with Gasteiger partial charge in [0, 0.05) is 11.8 Å². The van der Waals surface area contributed by atoms with E-state index in [4.69, 9.17) is 0 Å². The lowest BCUT2D eigenvalue weighted by Crippen LogP contribution is -2.29. The van der Waals surface area contributed by atoms with Crippen LogP contribution in [0.15, 0.2) is 58.2 Å². The highest BCUT2D eigenvalue weighted by Crippen LogP contribution is 2.42. The van der Waals surface area contributed by atoms with Gasteiger partial charge in [0.2, 0.25) is 0 Å². The zero-order valence-electron chi connectivity index (χ0n) is 19.9. The standard InChI is InChI=1S/C27H23BrF4N4O/c1-15-4-2-6-20(29)24(15)17-9-7-16(8-10-17)18-12-21-25(34-13-23(28)35-21)36(26(18)37)14-22-19(27(30,31)32)5-3-11-33-22/h2-6,11-13,16-17H,7-10,14H2,1H3. The molecule has 1 aliphatic rings. The van der Waals surface area contributed by atoms with Crippen molar-refractivity contribution in [2.75, 3.05) is 0 Å². The second-order valence-electron chi connectivity index (χ2n) is 9.41. The van der Waals surface area contributed by atoms with Gasteiger partial charge in [-0.2, -0.15) is 13.2 Å². The van der Waals surface area contributed by atoms with E-state index >= 15 is 0 Å². The SMILES string of the molecule is Cc1cccc(F)c1C1CCC(c2cc3nc(Br)cnc3n(Cc3ncccc3C(F)(F)F)c2=O)CC1. The van der Waals surface area contributed by atoms with E-state index in [9.17, 15) is 22.4 Å². The highest BCUT2D eigenvalue weighted by atomic mass is 79.9. The predicted octanol–water partition coefficient (Wildman–Crippen LogP) is 6.91. The minimum Gasteiger partial charge on any atom is -0.285 e. The highest BCUT2D eigenvalue weighted by molar-refractivity contribution is 9.10. The average Bonchev–Trinajstić information content (AvgIpc) is 2.85. The number of aryl methyl sites for hydroxylation is 1. The Hall–Kier alpha value is -3.14. The van der Waals surface area contributed by atoms with Crippen LogP contribution in [0.3, 0.4) is 0 Å². The number of fused-ring (bicyclic) bond motifs is 1. The Labute approximate surface area is 218 Å². The molecule has 3 aromatic heterocycles. The van der Waals surface area contributed by atoms with Crippen molar-refractivity contribution in [3.05, 3.63) is 97.5 Å². The minimum atomic E-state index is -4.61. The molecule has 0 spiro atoms. The maximum atomic E-state index is 14.5. The van der Waals surface area contributed by atoms with E-state index in [-0.39, 0.29) is 35.5 Å². The molecule has 1 saturated carbocycles. The van der Waals surface area contributed by atoms with Crippen LogP contribution in [0, 0.1) is 12.7 Å². The molecule has 0 radical (unpaired) electrons. The number of alkyl halides is 3. The van der Waals surface area contributed by atoms with Crippen LogP contribution in [0.2, 0.25) is 0 Å². The molecule has 0 atom stereocenters. The smallest absolute Gasteiger partial charge is 0.285 e.